The Morgan fingerprint density at radius 1 is 0.778 bits per heavy atom. The van der Waals surface area contributed by atoms with E-state index >= 15 is 0 Å². The molecule has 0 aliphatic carbocycles. The number of rotatable bonds is 8. The molecule has 1 heterocycles. The second-order valence-electron chi connectivity index (χ2n) is 9.88. The number of likely N-dealkylation sites (tertiary alicyclic amines) is 1. The average molecular weight is 540 g/mol. The summed E-state index contributed by atoms with van der Waals surface area (Å²) in [6.45, 7) is 8.23. The minimum absolute atomic E-state index is 0.0130. The van der Waals surface area contributed by atoms with Gasteiger partial charge in [-0.1, -0.05) is 35.4 Å². The normalized spacial score (nSPS) is 18.9. The molecule has 1 amide bonds. The predicted octanol–water partition coefficient (Wildman–Crippen LogP) is 4.18. The van der Waals surface area contributed by atoms with E-state index in [-0.39, 0.29) is 23.0 Å². The molecule has 1 aliphatic heterocycles. The van der Waals surface area contributed by atoms with Crippen LogP contribution < -0.4 is 0 Å². The number of benzene rings is 2. The van der Waals surface area contributed by atoms with E-state index in [9.17, 15) is 21.6 Å². The molecule has 1 fully saturated rings. The summed E-state index contributed by atoms with van der Waals surface area (Å²) in [5.41, 5.74) is 1.01. The molecule has 198 valence electrons. The highest BCUT2D eigenvalue weighted by molar-refractivity contribution is 7.87. The quantitative estimate of drug-likeness (QED) is 0.459. The molecule has 9 nitrogen and oxygen atoms in total. The Bertz CT molecular complexity index is 1180. The van der Waals surface area contributed by atoms with Crippen molar-refractivity contribution in [1.29, 1.82) is 0 Å². The first kappa shape index (κ1) is 28.1. The molecule has 36 heavy (non-hydrogen) atoms. The van der Waals surface area contributed by atoms with E-state index in [0.717, 1.165) is 11.1 Å². The van der Waals surface area contributed by atoms with Crippen LogP contribution in [0.4, 0.5) is 4.79 Å². The minimum Gasteiger partial charge on any atom is -0.444 e. The summed E-state index contributed by atoms with van der Waals surface area (Å²) in [6, 6.07) is 11.2. The monoisotopic (exact) mass is 539 g/mol. The lowest BCUT2D eigenvalue weighted by atomic mass is 10.2. The van der Waals surface area contributed by atoms with Gasteiger partial charge in [0.2, 0.25) is 0 Å². The second-order valence-corrected chi connectivity index (χ2v) is 13.1. The van der Waals surface area contributed by atoms with Crippen LogP contribution in [0.2, 0.25) is 0 Å². The van der Waals surface area contributed by atoms with Crippen LogP contribution in [-0.4, -0.2) is 58.7 Å². The Kier molecular flexibility index (Phi) is 8.49. The zero-order valence-electron chi connectivity index (χ0n) is 21.1. The van der Waals surface area contributed by atoms with Gasteiger partial charge in [-0.3, -0.25) is 13.3 Å². The van der Waals surface area contributed by atoms with Crippen molar-refractivity contribution >= 4 is 26.3 Å². The van der Waals surface area contributed by atoms with Gasteiger partial charge >= 0.3 is 6.09 Å². The summed E-state index contributed by atoms with van der Waals surface area (Å²) >= 11 is 0. The number of amides is 1. The number of hydrogen-bond donors (Lipinski definition) is 0. The largest absolute Gasteiger partial charge is 0.444 e. The van der Waals surface area contributed by atoms with Crippen LogP contribution >= 0.6 is 0 Å². The van der Waals surface area contributed by atoms with Crippen molar-refractivity contribution in [2.45, 2.75) is 74.9 Å². The summed E-state index contributed by atoms with van der Waals surface area (Å²) in [5, 5.41) is 0. The summed E-state index contributed by atoms with van der Waals surface area (Å²) in [5.74, 6) is 0. The molecule has 2 aromatic rings. The molecule has 0 unspecified atom stereocenters. The highest BCUT2D eigenvalue weighted by Gasteiger charge is 2.41. The highest BCUT2D eigenvalue weighted by atomic mass is 32.2. The van der Waals surface area contributed by atoms with E-state index in [1.807, 2.05) is 13.8 Å². The number of carbonyl (C=O) groups excluding carboxylic acids is 1. The van der Waals surface area contributed by atoms with E-state index < -0.39 is 44.0 Å². The number of ether oxygens (including phenoxy) is 1. The lowest BCUT2D eigenvalue weighted by Crippen LogP contribution is -2.47. The van der Waals surface area contributed by atoms with Crippen LogP contribution in [0.3, 0.4) is 0 Å². The molecule has 0 N–H and O–H groups in total. The molecule has 1 saturated heterocycles. The lowest BCUT2D eigenvalue weighted by molar-refractivity contribution is 0.00612. The SMILES string of the molecule is Cc1ccc(S(=O)(=O)OC[C@H]2CC[C@@H](COS(=O)(=O)c3ccc(C)cc3)N2C(=O)OC(C)(C)C)cc1. The molecule has 0 bridgehead atoms. The molecule has 1 aliphatic rings. The van der Waals surface area contributed by atoms with Gasteiger partial charge in [-0.2, -0.15) is 16.8 Å². The van der Waals surface area contributed by atoms with Crippen LogP contribution in [0, 0.1) is 13.8 Å². The van der Waals surface area contributed by atoms with Crippen molar-refractivity contribution in [3.05, 3.63) is 59.7 Å². The third-order valence-electron chi connectivity index (χ3n) is 5.67. The molecule has 0 radical (unpaired) electrons. The van der Waals surface area contributed by atoms with Crippen LogP contribution in [0.25, 0.3) is 0 Å². The Morgan fingerprint density at radius 3 is 1.47 bits per heavy atom. The molecule has 0 aromatic heterocycles. The molecular weight excluding hydrogens is 506 g/mol. The van der Waals surface area contributed by atoms with Crippen molar-refractivity contribution in [2.24, 2.45) is 0 Å². The first-order valence-electron chi connectivity index (χ1n) is 11.6. The Morgan fingerprint density at radius 2 is 1.14 bits per heavy atom. The highest BCUT2D eigenvalue weighted by Crippen LogP contribution is 2.29. The first-order chi connectivity index (χ1) is 16.7. The van der Waals surface area contributed by atoms with Gasteiger partial charge in [0.25, 0.3) is 20.2 Å². The van der Waals surface area contributed by atoms with Gasteiger partial charge in [0.05, 0.1) is 35.1 Å². The van der Waals surface area contributed by atoms with Crippen LogP contribution in [0.1, 0.15) is 44.7 Å². The maximum Gasteiger partial charge on any atom is 0.410 e. The maximum absolute atomic E-state index is 13.0. The van der Waals surface area contributed by atoms with Gasteiger partial charge in [-0.05, 0) is 71.7 Å². The van der Waals surface area contributed by atoms with Gasteiger partial charge in [0, 0.05) is 0 Å². The van der Waals surface area contributed by atoms with Crippen LogP contribution in [0.15, 0.2) is 58.3 Å². The lowest BCUT2D eigenvalue weighted by Gasteiger charge is -2.32. The number of hydrogen-bond acceptors (Lipinski definition) is 8. The van der Waals surface area contributed by atoms with E-state index in [4.69, 9.17) is 13.1 Å². The molecule has 3 rings (SSSR count). The van der Waals surface area contributed by atoms with Crippen molar-refractivity contribution in [3.8, 4) is 0 Å². The van der Waals surface area contributed by atoms with E-state index in [0.29, 0.717) is 12.8 Å². The van der Waals surface area contributed by atoms with E-state index in [2.05, 4.69) is 0 Å². The number of aryl methyl sites for hydroxylation is 2. The fraction of sp³-hybridized carbons (Fsp3) is 0.480. The van der Waals surface area contributed by atoms with Gasteiger partial charge in [0.15, 0.2) is 0 Å². The molecule has 0 spiro atoms. The van der Waals surface area contributed by atoms with Gasteiger partial charge < -0.3 is 4.74 Å². The molecule has 0 saturated carbocycles. The Hall–Kier alpha value is -2.47. The zero-order chi connectivity index (χ0) is 26.7. The average Bonchev–Trinajstić information content (AvgIpc) is 3.19. The number of carbonyl (C=O) groups is 1. The zero-order valence-corrected chi connectivity index (χ0v) is 22.8. The van der Waals surface area contributed by atoms with Crippen molar-refractivity contribution in [2.75, 3.05) is 13.2 Å². The Labute approximate surface area is 213 Å². The number of nitrogens with zero attached hydrogens (tertiary/aromatic N) is 1. The third kappa shape index (κ3) is 7.28. The summed E-state index contributed by atoms with van der Waals surface area (Å²) in [6.07, 6.45) is 0.0883. The predicted molar refractivity (Wildman–Crippen MR) is 134 cm³/mol. The summed E-state index contributed by atoms with van der Waals surface area (Å²) in [7, 11) is -8.09. The van der Waals surface area contributed by atoms with E-state index in [1.54, 1.807) is 45.0 Å². The molecule has 2 aromatic carbocycles. The minimum atomic E-state index is -4.05. The summed E-state index contributed by atoms with van der Waals surface area (Å²) in [4.78, 5) is 14.4. The third-order valence-corrected chi connectivity index (χ3v) is 8.27. The summed E-state index contributed by atoms with van der Waals surface area (Å²) < 4.78 is 66.8. The molecule has 2 atom stereocenters. The molecular formula is C25H33NO8S2. The topological polar surface area (TPSA) is 116 Å². The fourth-order valence-corrected chi connectivity index (χ4v) is 5.67. The van der Waals surface area contributed by atoms with E-state index in [1.165, 1.54) is 29.2 Å². The van der Waals surface area contributed by atoms with Crippen molar-refractivity contribution in [3.63, 3.8) is 0 Å². The molecule has 11 heteroatoms. The standard InChI is InChI=1S/C25H33NO8S2/c1-18-6-12-22(13-7-18)35(28,29)32-16-20-10-11-21(26(20)24(27)34-25(3,4)5)17-33-36(30,31)23-14-8-19(2)9-15-23/h6-9,12-15,20-21H,10-11,16-17H2,1-5H3/t20-,21+. The van der Waals surface area contributed by atoms with Crippen molar-refractivity contribution in [1.82, 2.24) is 4.90 Å². The first-order valence-corrected chi connectivity index (χ1v) is 14.4. The Balaban J connectivity index is 1.74. The van der Waals surface area contributed by atoms with Gasteiger partial charge in [-0.25, -0.2) is 4.79 Å². The van der Waals surface area contributed by atoms with Crippen LogP contribution in [-0.2, 0) is 33.3 Å². The van der Waals surface area contributed by atoms with Crippen molar-refractivity contribution < 1.29 is 34.7 Å². The van der Waals surface area contributed by atoms with Crippen LogP contribution in [0.5, 0.6) is 0 Å². The maximum atomic E-state index is 13.0. The smallest absolute Gasteiger partial charge is 0.410 e. The van der Waals surface area contributed by atoms with Gasteiger partial charge in [0.1, 0.15) is 5.60 Å². The fourth-order valence-electron chi connectivity index (χ4n) is 3.78. The second kappa shape index (κ2) is 10.9. The van der Waals surface area contributed by atoms with Gasteiger partial charge in [-0.15, -0.1) is 0 Å².